The van der Waals surface area contributed by atoms with Crippen LogP contribution in [0.4, 0.5) is 11.4 Å². The van der Waals surface area contributed by atoms with Crippen LogP contribution in [0.3, 0.4) is 0 Å². The van der Waals surface area contributed by atoms with Crippen LogP contribution < -0.4 is 69.3 Å². The summed E-state index contributed by atoms with van der Waals surface area (Å²) < 4.78 is 64.8. The molecule has 3 aromatic carbocycles. The van der Waals surface area contributed by atoms with E-state index < -0.39 is 62.9 Å². The second-order valence-electron chi connectivity index (χ2n) is 5.77. The fourth-order valence-corrected chi connectivity index (χ4v) is 4.58. The molecule has 0 fully saturated rings. The molecule has 0 bridgehead atoms. The summed E-state index contributed by atoms with van der Waals surface area (Å²) in [5.74, 6) is -1.84. The number of rotatable bonds is 4. The largest absolute Gasteiger partial charge is 1.00 e. The third kappa shape index (κ3) is 5.95. The molecule has 0 heterocycles. The summed E-state index contributed by atoms with van der Waals surface area (Å²) in [4.78, 5) is -1.55. The van der Waals surface area contributed by atoms with Gasteiger partial charge in [0, 0.05) is 10.4 Å². The molecule has 0 aliphatic rings. The molecule has 0 saturated carbocycles. The van der Waals surface area contributed by atoms with Crippen molar-refractivity contribution < 1.29 is 95.3 Å². The zero-order chi connectivity index (χ0) is 22.4. The number of hydrogen-bond donors (Lipinski definition) is 2. The molecule has 3 rings (SSSR count). The maximum atomic E-state index is 12.6. The van der Waals surface area contributed by atoms with Gasteiger partial charge in [-0.3, -0.25) is 9.11 Å². The second kappa shape index (κ2) is 10.8. The molecular weight excluding hydrogens is 529 g/mol. The molecular formula is C16H8Cl2N2Na2O8S2. The maximum Gasteiger partial charge on any atom is 1.00 e. The molecule has 2 N–H and O–H groups in total. The van der Waals surface area contributed by atoms with E-state index in [2.05, 4.69) is 10.2 Å². The van der Waals surface area contributed by atoms with Crippen LogP contribution in [-0.4, -0.2) is 25.9 Å². The van der Waals surface area contributed by atoms with Crippen molar-refractivity contribution in [1.82, 2.24) is 0 Å². The van der Waals surface area contributed by atoms with Crippen LogP contribution in [0.15, 0.2) is 56.4 Å². The zero-order valence-corrected chi connectivity index (χ0v) is 23.4. The van der Waals surface area contributed by atoms with E-state index in [1.165, 1.54) is 24.3 Å². The van der Waals surface area contributed by atoms with Gasteiger partial charge in [-0.2, -0.15) is 21.9 Å². The molecule has 158 valence electrons. The van der Waals surface area contributed by atoms with Crippen molar-refractivity contribution in [1.29, 1.82) is 0 Å². The van der Waals surface area contributed by atoms with Crippen LogP contribution in [0.25, 0.3) is 10.8 Å². The van der Waals surface area contributed by atoms with Crippen molar-refractivity contribution in [3.63, 3.8) is 0 Å². The molecule has 0 radical (unpaired) electrons. The van der Waals surface area contributed by atoms with E-state index >= 15 is 0 Å². The molecule has 0 spiro atoms. The summed E-state index contributed by atoms with van der Waals surface area (Å²) in [7, 11) is -9.63. The quantitative estimate of drug-likeness (QED) is 0.204. The van der Waals surface area contributed by atoms with Gasteiger partial charge >= 0.3 is 59.1 Å². The van der Waals surface area contributed by atoms with Crippen molar-refractivity contribution in [2.45, 2.75) is 9.79 Å². The third-order valence-corrected chi connectivity index (χ3v) is 6.41. The molecule has 0 aliphatic heterocycles. The van der Waals surface area contributed by atoms with Crippen molar-refractivity contribution in [2.75, 3.05) is 0 Å². The minimum Gasteiger partial charge on any atom is -0.871 e. The molecule has 16 heteroatoms. The Balaban J connectivity index is 0.00000256. The summed E-state index contributed by atoms with van der Waals surface area (Å²) in [6, 6.07) is 6.82. The Labute approximate surface area is 236 Å². The minimum atomic E-state index is -4.87. The van der Waals surface area contributed by atoms with Crippen LogP contribution in [0.1, 0.15) is 0 Å². The van der Waals surface area contributed by atoms with Gasteiger partial charge in [0.25, 0.3) is 20.2 Å². The van der Waals surface area contributed by atoms with Gasteiger partial charge in [0.1, 0.15) is 9.79 Å². The molecule has 0 aliphatic carbocycles. The van der Waals surface area contributed by atoms with Gasteiger partial charge in [-0.25, -0.2) is 0 Å². The topological polar surface area (TPSA) is 180 Å². The number of nitrogens with zero attached hydrogens (tertiary/aromatic N) is 2. The van der Waals surface area contributed by atoms with Gasteiger partial charge in [-0.1, -0.05) is 59.0 Å². The first-order valence-corrected chi connectivity index (χ1v) is 11.2. The van der Waals surface area contributed by atoms with Crippen molar-refractivity contribution in [3.8, 4) is 11.5 Å². The fourth-order valence-electron chi connectivity index (χ4n) is 2.54. The summed E-state index contributed by atoms with van der Waals surface area (Å²) in [5, 5.41) is 30.1. The third-order valence-electron chi connectivity index (χ3n) is 3.87. The van der Waals surface area contributed by atoms with E-state index in [0.717, 1.165) is 6.07 Å². The molecule has 32 heavy (non-hydrogen) atoms. The van der Waals surface area contributed by atoms with Gasteiger partial charge in [0.2, 0.25) is 0 Å². The average Bonchev–Trinajstić information content (AvgIpc) is 2.64. The minimum absolute atomic E-state index is 0. The van der Waals surface area contributed by atoms with Gasteiger partial charge in [-0.15, -0.1) is 5.11 Å². The van der Waals surface area contributed by atoms with Crippen LogP contribution in [0.5, 0.6) is 11.5 Å². The molecule has 0 amide bonds. The Bertz CT molecular complexity index is 1450. The van der Waals surface area contributed by atoms with Crippen LogP contribution in [-0.2, 0) is 20.2 Å². The fraction of sp³-hybridized carbons (Fsp3) is 0. The molecule has 0 atom stereocenters. The normalized spacial score (nSPS) is 11.9. The zero-order valence-electron chi connectivity index (χ0n) is 16.3. The van der Waals surface area contributed by atoms with E-state index in [1.807, 2.05) is 0 Å². The molecule has 3 aromatic rings. The first-order valence-electron chi connectivity index (χ1n) is 7.61. The Morgan fingerprint density at radius 3 is 1.84 bits per heavy atom. The first-order chi connectivity index (χ1) is 13.8. The van der Waals surface area contributed by atoms with Crippen molar-refractivity contribution in [2.24, 2.45) is 10.2 Å². The van der Waals surface area contributed by atoms with Crippen LogP contribution >= 0.6 is 23.2 Å². The predicted octanol–water partition coefficient (Wildman–Crippen LogP) is -2.79. The average molecular weight is 537 g/mol. The predicted molar refractivity (Wildman–Crippen MR) is 103 cm³/mol. The maximum absolute atomic E-state index is 12.6. The molecule has 0 aromatic heterocycles. The SMILES string of the molecule is O=S(=O)(O)c1cc(Cl)c([O-])c(N=Nc2cc(S(=O)(=O)O)c3ccccc3c2[O-])c1Cl.[Na+].[Na+]. The Hall–Kier alpha value is -0.480. The molecule has 0 unspecified atom stereocenters. The number of fused-ring (bicyclic) bond motifs is 1. The number of azo groups is 1. The van der Waals surface area contributed by atoms with Crippen molar-refractivity contribution >= 4 is 65.6 Å². The second-order valence-corrected chi connectivity index (χ2v) is 9.33. The van der Waals surface area contributed by atoms with E-state index in [1.54, 1.807) is 0 Å². The van der Waals surface area contributed by atoms with E-state index in [-0.39, 0.29) is 69.9 Å². The summed E-state index contributed by atoms with van der Waals surface area (Å²) in [6.45, 7) is 0. The number of hydrogen-bond acceptors (Lipinski definition) is 8. The van der Waals surface area contributed by atoms with Gasteiger partial charge < -0.3 is 10.2 Å². The van der Waals surface area contributed by atoms with E-state index in [0.29, 0.717) is 6.07 Å². The number of halogens is 2. The Morgan fingerprint density at radius 1 is 0.781 bits per heavy atom. The van der Waals surface area contributed by atoms with Gasteiger partial charge in [0.15, 0.2) is 0 Å². The van der Waals surface area contributed by atoms with Gasteiger partial charge in [-0.05, 0) is 17.5 Å². The summed E-state index contributed by atoms with van der Waals surface area (Å²) in [6.07, 6.45) is 0. The van der Waals surface area contributed by atoms with E-state index in [9.17, 15) is 36.2 Å². The van der Waals surface area contributed by atoms with Gasteiger partial charge in [0.05, 0.1) is 16.4 Å². The molecule has 10 nitrogen and oxygen atoms in total. The summed E-state index contributed by atoms with van der Waals surface area (Å²) >= 11 is 11.5. The number of benzene rings is 3. The van der Waals surface area contributed by atoms with Crippen molar-refractivity contribution in [3.05, 3.63) is 46.4 Å². The Kier molecular flexibility index (Phi) is 10.0. The van der Waals surface area contributed by atoms with Crippen LogP contribution in [0, 0.1) is 0 Å². The monoisotopic (exact) mass is 536 g/mol. The summed E-state index contributed by atoms with van der Waals surface area (Å²) in [5.41, 5.74) is -1.40. The van der Waals surface area contributed by atoms with Crippen LogP contribution in [0.2, 0.25) is 10.0 Å². The smallest absolute Gasteiger partial charge is 0.871 e. The molecule has 0 saturated heterocycles. The van der Waals surface area contributed by atoms with E-state index in [4.69, 9.17) is 23.2 Å². The standard InChI is InChI=1S/C16H10Cl2N2O8S2.2Na/c17-9-5-12(30(26,27)28)13(18)14(16(9)22)20-19-10-6-11(29(23,24)25)7-3-1-2-4-8(7)15(10)21;;/h1-6,21-22H,(H,23,24,25)(H,26,27,28);;/q;2*+1/p-2. The Morgan fingerprint density at radius 2 is 1.31 bits per heavy atom. The first kappa shape index (κ1) is 29.6.